The summed E-state index contributed by atoms with van der Waals surface area (Å²) in [5.74, 6) is 0. The maximum atomic E-state index is 6.07. The van der Waals surface area contributed by atoms with Crippen molar-refractivity contribution >= 4 is 37.5 Å². The Kier molecular flexibility index (Phi) is 5.24. The summed E-state index contributed by atoms with van der Waals surface area (Å²) < 4.78 is 2.17. The number of anilines is 1. The van der Waals surface area contributed by atoms with Gasteiger partial charge in [-0.25, -0.2) is 0 Å². The third-order valence-electron chi connectivity index (χ3n) is 3.20. The van der Waals surface area contributed by atoms with E-state index in [4.69, 9.17) is 5.73 Å². The van der Waals surface area contributed by atoms with Crippen LogP contribution in [0.2, 0.25) is 0 Å². The summed E-state index contributed by atoms with van der Waals surface area (Å²) >= 11 is 7.05. The molecule has 0 bridgehead atoms. The van der Waals surface area contributed by atoms with Crippen molar-refractivity contribution in [3.63, 3.8) is 0 Å². The molecular formula is C16H18Br2N2. The molecule has 2 N–H and O–H groups in total. The minimum atomic E-state index is 0.0167. The van der Waals surface area contributed by atoms with E-state index in [1.165, 1.54) is 5.56 Å². The molecule has 0 aliphatic rings. The molecule has 0 aliphatic heterocycles. The van der Waals surface area contributed by atoms with Crippen LogP contribution in [0.15, 0.2) is 51.4 Å². The first-order valence-electron chi connectivity index (χ1n) is 6.48. The Balaban J connectivity index is 2.28. The van der Waals surface area contributed by atoms with Gasteiger partial charge in [0.25, 0.3) is 0 Å². The van der Waals surface area contributed by atoms with Gasteiger partial charge in [-0.1, -0.05) is 50.1 Å². The van der Waals surface area contributed by atoms with E-state index in [0.717, 1.165) is 26.7 Å². The lowest BCUT2D eigenvalue weighted by Gasteiger charge is -2.24. The highest BCUT2D eigenvalue weighted by atomic mass is 79.9. The first-order valence-corrected chi connectivity index (χ1v) is 8.06. The fraction of sp³-hybridized carbons (Fsp3) is 0.250. The molecule has 106 valence electrons. The van der Waals surface area contributed by atoms with Crippen LogP contribution in [0.3, 0.4) is 0 Å². The summed E-state index contributed by atoms with van der Waals surface area (Å²) in [5, 5.41) is 0. The lowest BCUT2D eigenvalue weighted by Crippen LogP contribution is -2.20. The van der Waals surface area contributed by atoms with E-state index in [1.807, 2.05) is 19.1 Å². The van der Waals surface area contributed by atoms with Gasteiger partial charge in [0, 0.05) is 34.3 Å². The monoisotopic (exact) mass is 396 g/mol. The highest BCUT2D eigenvalue weighted by molar-refractivity contribution is 9.10. The highest BCUT2D eigenvalue weighted by Gasteiger charge is 2.12. The smallest absolute Gasteiger partial charge is 0.0426 e. The summed E-state index contributed by atoms with van der Waals surface area (Å²) in [6, 6.07) is 14.6. The largest absolute Gasteiger partial charge is 0.370 e. The molecule has 4 heteroatoms. The molecule has 0 radical (unpaired) electrons. The Hall–Kier alpha value is -0.840. The van der Waals surface area contributed by atoms with Gasteiger partial charge < -0.3 is 10.6 Å². The van der Waals surface area contributed by atoms with Crippen LogP contribution < -0.4 is 10.6 Å². The second-order valence-electron chi connectivity index (χ2n) is 4.98. The Morgan fingerprint density at radius 2 is 1.80 bits per heavy atom. The van der Waals surface area contributed by atoms with Crippen molar-refractivity contribution in [2.75, 3.05) is 11.9 Å². The molecule has 1 atom stereocenters. The first kappa shape index (κ1) is 15.5. The second kappa shape index (κ2) is 6.74. The summed E-state index contributed by atoms with van der Waals surface area (Å²) in [5.41, 5.74) is 9.65. The lowest BCUT2D eigenvalue weighted by atomic mass is 10.1. The predicted molar refractivity (Wildman–Crippen MR) is 93.0 cm³/mol. The average Bonchev–Trinajstić information content (AvgIpc) is 2.38. The van der Waals surface area contributed by atoms with Crippen molar-refractivity contribution in [1.29, 1.82) is 0 Å². The van der Waals surface area contributed by atoms with Gasteiger partial charge >= 0.3 is 0 Å². The molecule has 20 heavy (non-hydrogen) atoms. The molecule has 0 spiro atoms. The number of nitrogens with two attached hydrogens (primary N) is 1. The number of rotatable bonds is 4. The van der Waals surface area contributed by atoms with Crippen LogP contribution in [0.5, 0.6) is 0 Å². The normalized spacial score (nSPS) is 12.2. The molecule has 0 aromatic heterocycles. The molecule has 0 saturated carbocycles. The van der Waals surface area contributed by atoms with E-state index in [-0.39, 0.29) is 6.04 Å². The topological polar surface area (TPSA) is 29.3 Å². The van der Waals surface area contributed by atoms with Crippen molar-refractivity contribution in [1.82, 2.24) is 0 Å². The van der Waals surface area contributed by atoms with Crippen molar-refractivity contribution in [3.05, 3.63) is 62.5 Å². The first-order chi connectivity index (χ1) is 9.47. The third kappa shape index (κ3) is 3.84. The van der Waals surface area contributed by atoms with Crippen molar-refractivity contribution in [2.24, 2.45) is 5.73 Å². The SMILES string of the molecule is CC(N)c1ccc(Br)cc1N(C)Cc1cccc(Br)c1. The van der Waals surface area contributed by atoms with Crippen LogP contribution in [0.4, 0.5) is 5.69 Å². The maximum absolute atomic E-state index is 6.07. The maximum Gasteiger partial charge on any atom is 0.0426 e. The zero-order valence-corrected chi connectivity index (χ0v) is 14.8. The number of halogens is 2. The molecular weight excluding hydrogens is 380 g/mol. The fourth-order valence-electron chi connectivity index (χ4n) is 2.23. The summed E-state index contributed by atoms with van der Waals surface area (Å²) in [4.78, 5) is 2.23. The van der Waals surface area contributed by atoms with Gasteiger partial charge in [-0.05, 0) is 42.3 Å². The van der Waals surface area contributed by atoms with Gasteiger partial charge in [0.2, 0.25) is 0 Å². The van der Waals surface area contributed by atoms with Crippen LogP contribution in [0.25, 0.3) is 0 Å². The Morgan fingerprint density at radius 1 is 1.10 bits per heavy atom. The Morgan fingerprint density at radius 3 is 2.45 bits per heavy atom. The van der Waals surface area contributed by atoms with Crippen LogP contribution in [-0.2, 0) is 6.54 Å². The molecule has 0 saturated heterocycles. The highest BCUT2D eigenvalue weighted by Crippen LogP contribution is 2.29. The van der Waals surface area contributed by atoms with E-state index in [1.54, 1.807) is 0 Å². The number of hydrogen-bond acceptors (Lipinski definition) is 2. The summed E-state index contributed by atoms with van der Waals surface area (Å²) in [6.07, 6.45) is 0. The number of benzene rings is 2. The van der Waals surface area contributed by atoms with Crippen molar-refractivity contribution < 1.29 is 0 Å². The van der Waals surface area contributed by atoms with Gasteiger partial charge in [0.05, 0.1) is 0 Å². The van der Waals surface area contributed by atoms with E-state index in [9.17, 15) is 0 Å². The minimum absolute atomic E-state index is 0.0167. The average molecular weight is 398 g/mol. The molecule has 0 aliphatic carbocycles. The zero-order valence-electron chi connectivity index (χ0n) is 11.6. The van der Waals surface area contributed by atoms with Gasteiger partial charge in [0.15, 0.2) is 0 Å². The van der Waals surface area contributed by atoms with E-state index in [2.05, 4.69) is 74.1 Å². The standard InChI is InChI=1S/C16H18Br2N2/c1-11(19)15-7-6-14(18)9-16(15)20(2)10-12-4-3-5-13(17)8-12/h3-9,11H,10,19H2,1-2H3. The quantitative estimate of drug-likeness (QED) is 0.797. The second-order valence-corrected chi connectivity index (χ2v) is 6.81. The van der Waals surface area contributed by atoms with Gasteiger partial charge in [-0.3, -0.25) is 0 Å². The van der Waals surface area contributed by atoms with E-state index < -0.39 is 0 Å². The predicted octanol–water partition coefficient (Wildman–Crippen LogP) is 4.87. The zero-order chi connectivity index (χ0) is 14.7. The molecule has 2 nitrogen and oxygen atoms in total. The molecule has 2 aromatic carbocycles. The van der Waals surface area contributed by atoms with Gasteiger partial charge in [0.1, 0.15) is 0 Å². The van der Waals surface area contributed by atoms with Crippen LogP contribution in [-0.4, -0.2) is 7.05 Å². The Bertz CT molecular complexity index is 597. The molecule has 1 unspecified atom stereocenters. The van der Waals surface area contributed by atoms with Crippen LogP contribution in [0.1, 0.15) is 24.1 Å². The van der Waals surface area contributed by atoms with Gasteiger partial charge in [-0.2, -0.15) is 0 Å². The lowest BCUT2D eigenvalue weighted by molar-refractivity contribution is 0.800. The summed E-state index contributed by atoms with van der Waals surface area (Å²) in [7, 11) is 2.09. The van der Waals surface area contributed by atoms with Gasteiger partial charge in [-0.15, -0.1) is 0 Å². The Labute approximate surface area is 137 Å². The molecule has 0 fully saturated rings. The molecule has 2 aromatic rings. The van der Waals surface area contributed by atoms with Crippen molar-refractivity contribution in [2.45, 2.75) is 19.5 Å². The molecule has 0 amide bonds. The fourth-order valence-corrected chi connectivity index (χ4v) is 3.02. The van der Waals surface area contributed by atoms with Crippen LogP contribution in [0, 0.1) is 0 Å². The summed E-state index contributed by atoms with van der Waals surface area (Å²) in [6.45, 7) is 2.86. The minimum Gasteiger partial charge on any atom is -0.370 e. The number of nitrogens with zero attached hydrogens (tertiary/aromatic N) is 1. The molecule has 0 heterocycles. The third-order valence-corrected chi connectivity index (χ3v) is 4.19. The molecule has 2 rings (SSSR count). The van der Waals surface area contributed by atoms with Crippen molar-refractivity contribution in [3.8, 4) is 0 Å². The number of hydrogen-bond donors (Lipinski definition) is 1. The van der Waals surface area contributed by atoms with Crippen LogP contribution >= 0.6 is 31.9 Å². The van der Waals surface area contributed by atoms with E-state index in [0.29, 0.717) is 0 Å². The van der Waals surface area contributed by atoms with E-state index >= 15 is 0 Å².